The number of rotatable bonds is 7. The molecule has 0 aliphatic heterocycles. The van der Waals surface area contributed by atoms with Gasteiger partial charge in [0.1, 0.15) is 5.75 Å². The molecule has 26 heavy (non-hydrogen) atoms. The van der Waals surface area contributed by atoms with Gasteiger partial charge >= 0.3 is 5.97 Å². The molecule has 0 amide bonds. The number of benzene rings is 2. The Bertz CT molecular complexity index is 869. The second-order valence-electron chi connectivity index (χ2n) is 6.79. The predicted molar refractivity (Wildman–Crippen MR) is 102 cm³/mol. The summed E-state index contributed by atoms with van der Waals surface area (Å²) in [7, 11) is -3.76. The van der Waals surface area contributed by atoms with Crippen molar-refractivity contribution in [1.82, 2.24) is 0 Å². The number of phenolic OH excluding ortho intramolecular Hbond substituents is 1. The Morgan fingerprint density at radius 3 is 1.88 bits per heavy atom. The summed E-state index contributed by atoms with van der Waals surface area (Å²) in [4.78, 5) is 11.6. The van der Waals surface area contributed by atoms with Crippen molar-refractivity contribution in [1.29, 1.82) is 0 Å². The summed E-state index contributed by atoms with van der Waals surface area (Å²) in [5.74, 6) is -1.30. The molecule has 1 unspecified atom stereocenters. The zero-order valence-electron chi connectivity index (χ0n) is 15.1. The number of hydrogen-bond donors (Lipinski definition) is 2. The van der Waals surface area contributed by atoms with E-state index in [1.54, 1.807) is 12.1 Å². The van der Waals surface area contributed by atoms with Crippen LogP contribution >= 0.6 is 0 Å². The van der Waals surface area contributed by atoms with E-state index in [9.17, 15) is 23.4 Å². The third-order valence-electron chi connectivity index (χ3n) is 4.98. The average Bonchev–Trinajstić information content (AvgIpc) is 2.59. The lowest BCUT2D eigenvalue weighted by Crippen LogP contribution is -2.44. The van der Waals surface area contributed by atoms with Gasteiger partial charge in [-0.1, -0.05) is 43.3 Å². The van der Waals surface area contributed by atoms with Crippen LogP contribution in [0.4, 0.5) is 0 Å². The molecule has 0 aliphatic carbocycles. The van der Waals surface area contributed by atoms with Crippen LogP contribution in [0, 0.1) is 0 Å². The minimum absolute atomic E-state index is 0.0240. The lowest BCUT2D eigenvalue weighted by molar-refractivity contribution is -0.139. The summed E-state index contributed by atoms with van der Waals surface area (Å²) in [6.45, 7) is 3.20. The van der Waals surface area contributed by atoms with Crippen LogP contribution in [0.5, 0.6) is 5.75 Å². The Balaban J connectivity index is 2.30. The van der Waals surface area contributed by atoms with E-state index in [4.69, 9.17) is 0 Å². The average molecular weight is 376 g/mol. The maximum Gasteiger partial charge on any atom is 0.324 e. The number of hydrogen-bond acceptors (Lipinski definition) is 4. The van der Waals surface area contributed by atoms with Crippen molar-refractivity contribution >= 4 is 15.8 Å². The van der Waals surface area contributed by atoms with Crippen LogP contribution in [0.15, 0.2) is 48.5 Å². The summed E-state index contributed by atoms with van der Waals surface area (Å²) in [5, 5.41) is 18.8. The molecular formula is C20H24O5S. The van der Waals surface area contributed by atoms with Gasteiger partial charge in [-0.2, -0.15) is 0 Å². The molecule has 0 fully saturated rings. The molecule has 0 bridgehead atoms. The molecule has 2 N–H and O–H groups in total. The first-order valence-corrected chi connectivity index (χ1v) is 10.3. The van der Waals surface area contributed by atoms with E-state index in [2.05, 4.69) is 0 Å². The van der Waals surface area contributed by atoms with E-state index in [0.29, 0.717) is 6.42 Å². The fourth-order valence-electron chi connectivity index (χ4n) is 2.97. The molecule has 2 aromatic carbocycles. The number of sulfone groups is 1. The van der Waals surface area contributed by atoms with Crippen molar-refractivity contribution in [3.8, 4) is 16.9 Å². The van der Waals surface area contributed by atoms with E-state index in [0.717, 1.165) is 22.9 Å². The zero-order valence-corrected chi connectivity index (χ0v) is 16.0. The smallest absolute Gasteiger partial charge is 0.324 e. The van der Waals surface area contributed by atoms with Crippen LogP contribution in [-0.4, -0.2) is 35.6 Å². The summed E-state index contributed by atoms with van der Waals surface area (Å²) < 4.78 is 22.3. The molecule has 0 aliphatic rings. The number of aliphatic carboxylic acids is 1. The molecular weight excluding hydrogens is 352 g/mol. The first-order chi connectivity index (χ1) is 12.1. The fourth-order valence-corrected chi connectivity index (χ4v) is 3.79. The Labute approximate surface area is 154 Å². The Kier molecular flexibility index (Phi) is 5.76. The van der Waals surface area contributed by atoms with Gasteiger partial charge in [-0.15, -0.1) is 0 Å². The molecule has 2 rings (SSSR count). The fraction of sp³-hybridized carbons (Fsp3) is 0.350. The quantitative estimate of drug-likeness (QED) is 0.766. The highest BCUT2D eigenvalue weighted by atomic mass is 32.2. The van der Waals surface area contributed by atoms with Gasteiger partial charge in [0.15, 0.2) is 14.6 Å². The minimum atomic E-state index is -3.76. The Morgan fingerprint density at radius 1 is 1.04 bits per heavy atom. The first kappa shape index (κ1) is 20.0. The molecule has 0 aromatic heterocycles. The first-order valence-electron chi connectivity index (χ1n) is 8.41. The maximum absolute atomic E-state index is 12.0. The lowest BCUT2D eigenvalue weighted by Gasteiger charge is -2.28. The summed E-state index contributed by atoms with van der Waals surface area (Å²) in [6, 6.07) is 14.5. The van der Waals surface area contributed by atoms with Gasteiger partial charge in [0.2, 0.25) is 0 Å². The molecule has 0 saturated carbocycles. The molecule has 5 nitrogen and oxygen atoms in total. The highest BCUT2D eigenvalue weighted by Gasteiger charge is 2.45. The number of carboxylic acid groups (broad SMARTS) is 1. The van der Waals surface area contributed by atoms with Crippen LogP contribution in [0.1, 0.15) is 38.2 Å². The van der Waals surface area contributed by atoms with Crippen LogP contribution in [0.2, 0.25) is 0 Å². The van der Waals surface area contributed by atoms with E-state index >= 15 is 0 Å². The standard InChI is InChI=1S/C20H24O5S/c1-4-14(13-20(2,19(22)23)26(3,24)25)15-5-7-16(8-6-15)17-9-11-18(21)12-10-17/h5-12,14,21H,4,13H2,1-3H3,(H,22,23)/t14?,20-/m1/s1. The van der Waals surface area contributed by atoms with Crippen LogP contribution in [0.3, 0.4) is 0 Å². The van der Waals surface area contributed by atoms with Crippen molar-refractivity contribution in [3.63, 3.8) is 0 Å². The zero-order chi connectivity index (χ0) is 19.5. The van der Waals surface area contributed by atoms with E-state index in [-0.39, 0.29) is 18.1 Å². The van der Waals surface area contributed by atoms with Crippen molar-refractivity contribution in [2.75, 3.05) is 6.26 Å². The number of carboxylic acids is 1. The SMILES string of the molecule is CCC(C[C@](C)(C(=O)O)S(C)(=O)=O)c1ccc(-c2ccc(O)cc2)cc1. The second kappa shape index (κ2) is 7.50. The van der Waals surface area contributed by atoms with Crippen molar-refractivity contribution < 1.29 is 23.4 Å². The Hall–Kier alpha value is -2.34. The van der Waals surface area contributed by atoms with Crippen LogP contribution in [-0.2, 0) is 14.6 Å². The minimum Gasteiger partial charge on any atom is -0.508 e. The Morgan fingerprint density at radius 2 is 1.50 bits per heavy atom. The van der Waals surface area contributed by atoms with E-state index in [1.807, 2.05) is 43.3 Å². The number of aromatic hydroxyl groups is 1. The highest BCUT2D eigenvalue weighted by molar-refractivity contribution is 7.92. The summed E-state index contributed by atoms with van der Waals surface area (Å²) >= 11 is 0. The van der Waals surface area contributed by atoms with Crippen LogP contribution in [0.25, 0.3) is 11.1 Å². The monoisotopic (exact) mass is 376 g/mol. The third kappa shape index (κ3) is 4.07. The number of phenols is 1. The van der Waals surface area contributed by atoms with Crippen molar-refractivity contribution in [2.45, 2.75) is 37.4 Å². The van der Waals surface area contributed by atoms with Gasteiger partial charge in [-0.25, -0.2) is 8.42 Å². The van der Waals surface area contributed by atoms with Gasteiger partial charge in [0.05, 0.1) is 0 Å². The molecule has 0 saturated heterocycles. The predicted octanol–water partition coefficient (Wildman–Crippen LogP) is 3.83. The second-order valence-corrected chi connectivity index (χ2v) is 9.23. The van der Waals surface area contributed by atoms with E-state index in [1.165, 1.54) is 6.92 Å². The lowest BCUT2D eigenvalue weighted by atomic mass is 9.86. The molecule has 0 spiro atoms. The van der Waals surface area contributed by atoms with Crippen molar-refractivity contribution in [2.24, 2.45) is 0 Å². The van der Waals surface area contributed by atoms with Gasteiger partial charge in [0.25, 0.3) is 0 Å². The maximum atomic E-state index is 12.0. The molecule has 0 radical (unpaired) electrons. The van der Waals surface area contributed by atoms with Crippen molar-refractivity contribution in [3.05, 3.63) is 54.1 Å². The van der Waals surface area contributed by atoms with Gasteiger partial charge < -0.3 is 10.2 Å². The molecule has 0 heterocycles. The third-order valence-corrected chi connectivity index (χ3v) is 6.96. The van der Waals surface area contributed by atoms with Crippen LogP contribution < -0.4 is 0 Å². The normalized spacial score (nSPS) is 15.2. The summed E-state index contributed by atoms with van der Waals surface area (Å²) in [5.41, 5.74) is 2.83. The molecule has 2 aromatic rings. The van der Waals surface area contributed by atoms with Gasteiger partial charge in [-0.05, 0) is 54.5 Å². The van der Waals surface area contributed by atoms with Gasteiger partial charge in [0, 0.05) is 6.26 Å². The topological polar surface area (TPSA) is 91.7 Å². The van der Waals surface area contributed by atoms with E-state index < -0.39 is 20.6 Å². The highest BCUT2D eigenvalue weighted by Crippen LogP contribution is 2.34. The molecule has 2 atom stereocenters. The summed E-state index contributed by atoms with van der Waals surface area (Å²) in [6.07, 6.45) is 1.63. The van der Waals surface area contributed by atoms with Gasteiger partial charge in [-0.3, -0.25) is 4.79 Å². The molecule has 140 valence electrons. The molecule has 6 heteroatoms. The number of carbonyl (C=O) groups is 1. The largest absolute Gasteiger partial charge is 0.508 e.